The standard InChI is InChI=1S/C10H13F3N4O/c11-10(12,13)8(1-2-14)7-9(18)17(5-3-15)6-4-16/h8H,1-2,5-7,14H2. The molecule has 0 rings (SSSR count). The summed E-state index contributed by atoms with van der Waals surface area (Å²) in [5.74, 6) is -2.70. The molecule has 18 heavy (non-hydrogen) atoms. The fourth-order valence-corrected chi connectivity index (χ4v) is 1.33. The first-order valence-corrected chi connectivity index (χ1v) is 5.15. The highest BCUT2D eigenvalue weighted by atomic mass is 19.4. The van der Waals surface area contributed by atoms with E-state index in [1.54, 1.807) is 12.1 Å². The third kappa shape index (κ3) is 5.51. The first-order chi connectivity index (χ1) is 8.36. The summed E-state index contributed by atoms with van der Waals surface area (Å²) < 4.78 is 37.6. The van der Waals surface area contributed by atoms with Gasteiger partial charge in [-0.05, 0) is 13.0 Å². The molecule has 0 aliphatic heterocycles. The molecule has 5 nitrogen and oxygen atoms in total. The molecule has 0 aliphatic carbocycles. The van der Waals surface area contributed by atoms with Crippen LogP contribution in [0.3, 0.4) is 0 Å². The number of alkyl halides is 3. The van der Waals surface area contributed by atoms with Gasteiger partial charge in [0.05, 0.1) is 18.1 Å². The molecule has 0 heterocycles. The Morgan fingerprint density at radius 3 is 2.11 bits per heavy atom. The van der Waals surface area contributed by atoms with E-state index in [2.05, 4.69) is 0 Å². The van der Waals surface area contributed by atoms with Crippen molar-refractivity contribution in [2.75, 3.05) is 19.6 Å². The number of halogens is 3. The summed E-state index contributed by atoms with van der Waals surface area (Å²) in [6.45, 7) is -0.993. The molecule has 0 spiro atoms. The smallest absolute Gasteiger partial charge is 0.330 e. The van der Waals surface area contributed by atoms with Gasteiger partial charge in [-0.1, -0.05) is 0 Å². The Morgan fingerprint density at radius 1 is 1.28 bits per heavy atom. The van der Waals surface area contributed by atoms with Crippen molar-refractivity contribution in [3.8, 4) is 12.1 Å². The van der Waals surface area contributed by atoms with E-state index in [0.717, 1.165) is 4.90 Å². The average Bonchev–Trinajstić information content (AvgIpc) is 2.26. The number of nitrogens with two attached hydrogens (primary N) is 1. The van der Waals surface area contributed by atoms with Crippen molar-refractivity contribution in [1.82, 2.24) is 4.90 Å². The van der Waals surface area contributed by atoms with Crippen LogP contribution in [0.2, 0.25) is 0 Å². The van der Waals surface area contributed by atoms with Gasteiger partial charge in [-0.2, -0.15) is 23.7 Å². The van der Waals surface area contributed by atoms with Gasteiger partial charge in [0.25, 0.3) is 0 Å². The maximum absolute atomic E-state index is 12.5. The quantitative estimate of drug-likeness (QED) is 0.715. The largest absolute Gasteiger partial charge is 0.392 e. The van der Waals surface area contributed by atoms with Crippen LogP contribution in [-0.4, -0.2) is 36.6 Å². The van der Waals surface area contributed by atoms with Gasteiger partial charge in [-0.3, -0.25) is 4.79 Å². The van der Waals surface area contributed by atoms with Crippen molar-refractivity contribution in [3.05, 3.63) is 0 Å². The minimum Gasteiger partial charge on any atom is -0.330 e. The van der Waals surface area contributed by atoms with Crippen LogP contribution in [0, 0.1) is 28.6 Å². The van der Waals surface area contributed by atoms with Crippen LogP contribution in [0.1, 0.15) is 12.8 Å². The molecule has 0 bridgehead atoms. The fraction of sp³-hybridized carbons (Fsp3) is 0.700. The molecule has 8 heteroatoms. The van der Waals surface area contributed by atoms with Gasteiger partial charge < -0.3 is 10.6 Å². The van der Waals surface area contributed by atoms with E-state index < -0.39 is 37.5 Å². The van der Waals surface area contributed by atoms with E-state index in [1.165, 1.54) is 0 Å². The molecule has 0 aromatic heterocycles. The van der Waals surface area contributed by atoms with Gasteiger partial charge in [0, 0.05) is 6.42 Å². The van der Waals surface area contributed by atoms with E-state index in [0.29, 0.717) is 0 Å². The lowest BCUT2D eigenvalue weighted by molar-refractivity contribution is -0.181. The van der Waals surface area contributed by atoms with Crippen molar-refractivity contribution in [3.63, 3.8) is 0 Å². The van der Waals surface area contributed by atoms with Crippen LogP contribution in [0.25, 0.3) is 0 Å². The van der Waals surface area contributed by atoms with Crippen LogP contribution >= 0.6 is 0 Å². The highest BCUT2D eigenvalue weighted by molar-refractivity contribution is 5.77. The Labute approximate surface area is 103 Å². The molecule has 100 valence electrons. The summed E-state index contributed by atoms with van der Waals surface area (Å²) in [5.41, 5.74) is 5.07. The Balaban J connectivity index is 4.67. The Kier molecular flexibility index (Phi) is 6.76. The molecule has 1 unspecified atom stereocenters. The number of hydrogen-bond donors (Lipinski definition) is 1. The monoisotopic (exact) mass is 262 g/mol. The zero-order chi connectivity index (χ0) is 14.2. The maximum atomic E-state index is 12.5. The van der Waals surface area contributed by atoms with E-state index in [1.807, 2.05) is 0 Å². The molecule has 0 saturated carbocycles. The number of carbonyl (C=O) groups excluding carboxylic acids is 1. The second-order valence-electron chi connectivity index (χ2n) is 3.59. The van der Waals surface area contributed by atoms with Gasteiger partial charge >= 0.3 is 6.18 Å². The fourth-order valence-electron chi connectivity index (χ4n) is 1.33. The second kappa shape index (κ2) is 7.51. The highest BCUT2D eigenvalue weighted by Crippen LogP contribution is 2.31. The molecule has 0 aliphatic rings. The van der Waals surface area contributed by atoms with E-state index in [9.17, 15) is 18.0 Å². The van der Waals surface area contributed by atoms with Crippen LogP contribution in [0.4, 0.5) is 13.2 Å². The molecule has 0 aromatic rings. The summed E-state index contributed by atoms with van der Waals surface area (Å²) >= 11 is 0. The number of amides is 1. The summed E-state index contributed by atoms with van der Waals surface area (Å²) in [6, 6.07) is 3.25. The molecular weight excluding hydrogens is 249 g/mol. The summed E-state index contributed by atoms with van der Waals surface area (Å²) in [4.78, 5) is 12.3. The number of hydrogen-bond acceptors (Lipinski definition) is 4. The zero-order valence-corrected chi connectivity index (χ0v) is 9.57. The number of nitriles is 2. The zero-order valence-electron chi connectivity index (χ0n) is 9.57. The Morgan fingerprint density at radius 2 is 1.78 bits per heavy atom. The first-order valence-electron chi connectivity index (χ1n) is 5.15. The minimum atomic E-state index is -4.51. The molecule has 1 atom stereocenters. The predicted molar refractivity (Wildman–Crippen MR) is 55.6 cm³/mol. The first kappa shape index (κ1) is 16.2. The molecule has 0 saturated heterocycles. The number of nitrogens with zero attached hydrogens (tertiary/aromatic N) is 3. The molecular formula is C10H13F3N4O. The van der Waals surface area contributed by atoms with Crippen molar-refractivity contribution in [2.45, 2.75) is 19.0 Å². The van der Waals surface area contributed by atoms with Crippen molar-refractivity contribution in [2.24, 2.45) is 11.7 Å². The van der Waals surface area contributed by atoms with E-state index >= 15 is 0 Å². The highest BCUT2D eigenvalue weighted by Gasteiger charge is 2.40. The lowest BCUT2D eigenvalue weighted by Gasteiger charge is -2.22. The van der Waals surface area contributed by atoms with Crippen molar-refractivity contribution >= 4 is 5.91 Å². The lowest BCUT2D eigenvalue weighted by Crippen LogP contribution is -2.36. The summed E-state index contributed by atoms with van der Waals surface area (Å²) in [6.07, 6.45) is -5.66. The van der Waals surface area contributed by atoms with Crippen LogP contribution in [0.5, 0.6) is 0 Å². The second-order valence-corrected chi connectivity index (χ2v) is 3.59. The van der Waals surface area contributed by atoms with Crippen LogP contribution < -0.4 is 5.73 Å². The van der Waals surface area contributed by atoms with Crippen molar-refractivity contribution in [1.29, 1.82) is 10.5 Å². The summed E-state index contributed by atoms with van der Waals surface area (Å²) in [5, 5.41) is 16.8. The molecule has 0 fully saturated rings. The van der Waals surface area contributed by atoms with Crippen molar-refractivity contribution < 1.29 is 18.0 Å². The summed E-state index contributed by atoms with van der Waals surface area (Å²) in [7, 11) is 0. The van der Waals surface area contributed by atoms with Gasteiger partial charge in [-0.25, -0.2) is 0 Å². The Hall–Kier alpha value is -1.80. The predicted octanol–water partition coefficient (Wildman–Crippen LogP) is 0.780. The topological polar surface area (TPSA) is 93.9 Å². The Bertz CT molecular complexity index is 340. The number of rotatable bonds is 6. The molecule has 0 aromatic carbocycles. The molecule has 2 N–H and O–H groups in total. The average molecular weight is 262 g/mol. The maximum Gasteiger partial charge on any atom is 0.392 e. The van der Waals surface area contributed by atoms with Gasteiger partial charge in [0.15, 0.2) is 0 Å². The van der Waals surface area contributed by atoms with Gasteiger partial charge in [0.1, 0.15) is 13.1 Å². The van der Waals surface area contributed by atoms with Gasteiger partial charge in [0.2, 0.25) is 5.91 Å². The van der Waals surface area contributed by atoms with Crippen LogP contribution in [0.15, 0.2) is 0 Å². The normalized spacial score (nSPS) is 12.3. The molecule has 0 radical (unpaired) electrons. The molecule has 1 amide bonds. The van der Waals surface area contributed by atoms with E-state index in [-0.39, 0.29) is 13.0 Å². The van der Waals surface area contributed by atoms with Crippen LogP contribution in [-0.2, 0) is 4.79 Å². The SMILES string of the molecule is N#CCN(CC#N)C(=O)CC(CCN)C(F)(F)F. The lowest BCUT2D eigenvalue weighted by atomic mass is 10.00. The number of carbonyl (C=O) groups is 1. The van der Waals surface area contributed by atoms with E-state index in [4.69, 9.17) is 16.3 Å². The third-order valence-electron chi connectivity index (χ3n) is 2.27. The minimum absolute atomic E-state index is 0.187. The van der Waals surface area contributed by atoms with Gasteiger partial charge in [-0.15, -0.1) is 0 Å². The third-order valence-corrected chi connectivity index (χ3v) is 2.27.